The summed E-state index contributed by atoms with van der Waals surface area (Å²) in [6.07, 6.45) is 0. The molecule has 0 bridgehead atoms. The van der Waals surface area contributed by atoms with E-state index in [1.54, 1.807) is 25.1 Å². The molecule has 26 heavy (non-hydrogen) atoms. The average molecular weight is 370 g/mol. The van der Waals surface area contributed by atoms with E-state index < -0.39 is 11.9 Å². The fraction of sp³-hybridized carbons (Fsp3) is 0.211. The zero-order valence-electron chi connectivity index (χ0n) is 14.7. The van der Waals surface area contributed by atoms with Crippen LogP contribution in [0.4, 0.5) is 5.00 Å². The highest BCUT2D eigenvalue weighted by Crippen LogP contribution is 2.34. The number of carbonyl (C=O) groups is 3. The molecule has 2 amide bonds. The lowest BCUT2D eigenvalue weighted by molar-refractivity contribution is -0.116. The fourth-order valence-corrected chi connectivity index (χ4v) is 3.94. The number of methoxy groups -OCH3 is 1. The van der Waals surface area contributed by atoms with E-state index >= 15 is 0 Å². The van der Waals surface area contributed by atoms with Crippen molar-refractivity contribution in [2.45, 2.75) is 13.8 Å². The minimum absolute atomic E-state index is 0.178. The second-order valence-corrected chi connectivity index (χ2v) is 7.14. The predicted octanol–water partition coefficient (Wildman–Crippen LogP) is 3.22. The predicted molar refractivity (Wildman–Crippen MR) is 100 cm³/mol. The molecule has 6 nitrogen and oxygen atoms in total. The molecule has 0 fully saturated rings. The van der Waals surface area contributed by atoms with Gasteiger partial charge in [-0.15, -0.1) is 11.3 Å². The molecule has 0 atom stereocenters. The number of carbonyl (C=O) groups excluding carboxylic acids is 3. The summed E-state index contributed by atoms with van der Waals surface area (Å²) in [5.41, 5.74) is 2.86. The summed E-state index contributed by atoms with van der Waals surface area (Å²) in [4.78, 5) is 39.2. The normalized spacial score (nSPS) is 13.0. The van der Waals surface area contributed by atoms with Crippen LogP contribution in [0.25, 0.3) is 5.70 Å². The maximum Gasteiger partial charge on any atom is 0.341 e. The lowest BCUT2D eigenvalue weighted by atomic mass is 10.1. The molecule has 1 aliphatic heterocycles. The number of thiophene rings is 1. The van der Waals surface area contributed by atoms with Gasteiger partial charge in [-0.3, -0.25) is 14.5 Å². The smallest absolute Gasteiger partial charge is 0.341 e. The number of anilines is 1. The molecule has 2 heterocycles. The average Bonchev–Trinajstić information content (AvgIpc) is 3.03. The lowest BCUT2D eigenvalue weighted by Crippen LogP contribution is -2.32. The second-order valence-electron chi connectivity index (χ2n) is 5.91. The first kappa shape index (κ1) is 17.9. The molecule has 1 aromatic heterocycles. The van der Waals surface area contributed by atoms with Gasteiger partial charge in [0.2, 0.25) is 5.91 Å². The topological polar surface area (TPSA) is 75.7 Å². The Bertz CT molecular complexity index is 910. The summed E-state index contributed by atoms with van der Waals surface area (Å²) < 4.78 is 4.80. The van der Waals surface area contributed by atoms with Gasteiger partial charge in [-0.25, -0.2) is 4.79 Å². The van der Waals surface area contributed by atoms with E-state index in [0.717, 1.165) is 16.0 Å². The van der Waals surface area contributed by atoms with E-state index in [1.165, 1.54) is 23.3 Å². The summed E-state index contributed by atoms with van der Waals surface area (Å²) in [7, 11) is 1.30. The molecule has 0 unspecified atom stereocenters. The fourth-order valence-electron chi connectivity index (χ4n) is 2.87. The van der Waals surface area contributed by atoms with Crippen LogP contribution in [0.3, 0.4) is 0 Å². The third-order valence-corrected chi connectivity index (χ3v) is 5.49. The quantitative estimate of drug-likeness (QED) is 0.839. The molecule has 0 spiro atoms. The summed E-state index contributed by atoms with van der Waals surface area (Å²) in [5.74, 6) is -1.16. The van der Waals surface area contributed by atoms with E-state index in [0.29, 0.717) is 21.8 Å². The van der Waals surface area contributed by atoms with Crippen molar-refractivity contribution >= 4 is 39.8 Å². The van der Waals surface area contributed by atoms with Crippen molar-refractivity contribution in [3.8, 4) is 0 Å². The summed E-state index contributed by atoms with van der Waals surface area (Å²) >= 11 is 1.30. The van der Waals surface area contributed by atoms with E-state index in [-0.39, 0.29) is 12.5 Å². The number of esters is 1. The van der Waals surface area contributed by atoms with Crippen LogP contribution in [0.1, 0.15) is 36.7 Å². The number of ether oxygens (including phenoxy) is 1. The van der Waals surface area contributed by atoms with Gasteiger partial charge in [0.25, 0.3) is 5.91 Å². The Balaban J connectivity index is 1.79. The molecular formula is C19H18N2O4S. The Labute approximate surface area is 155 Å². The molecule has 1 aliphatic rings. The van der Waals surface area contributed by atoms with Gasteiger partial charge in [0.15, 0.2) is 0 Å². The number of nitrogens with one attached hydrogen (secondary N) is 1. The van der Waals surface area contributed by atoms with Crippen LogP contribution in [-0.4, -0.2) is 36.3 Å². The number of fused-ring (bicyclic) bond motifs is 1. The summed E-state index contributed by atoms with van der Waals surface area (Å²) in [6.45, 7) is 7.41. The van der Waals surface area contributed by atoms with Crippen LogP contribution < -0.4 is 5.32 Å². The highest BCUT2D eigenvalue weighted by Gasteiger charge is 2.32. The van der Waals surface area contributed by atoms with Crippen molar-refractivity contribution < 1.29 is 19.1 Å². The molecule has 134 valence electrons. The van der Waals surface area contributed by atoms with Gasteiger partial charge in [-0.2, -0.15) is 0 Å². The molecule has 0 saturated carbocycles. The van der Waals surface area contributed by atoms with E-state index in [4.69, 9.17) is 4.74 Å². The van der Waals surface area contributed by atoms with E-state index in [1.807, 2.05) is 13.0 Å². The minimum Gasteiger partial charge on any atom is -0.465 e. The number of nitrogens with zero attached hydrogens (tertiary/aromatic N) is 1. The van der Waals surface area contributed by atoms with Gasteiger partial charge in [-0.1, -0.05) is 24.8 Å². The minimum atomic E-state index is -0.504. The molecule has 2 aromatic rings. The van der Waals surface area contributed by atoms with Gasteiger partial charge in [0.05, 0.1) is 12.7 Å². The van der Waals surface area contributed by atoms with Gasteiger partial charge >= 0.3 is 5.97 Å². The van der Waals surface area contributed by atoms with Crippen LogP contribution in [0.5, 0.6) is 0 Å². The van der Waals surface area contributed by atoms with E-state index in [9.17, 15) is 14.4 Å². The van der Waals surface area contributed by atoms with Crippen molar-refractivity contribution in [1.82, 2.24) is 4.90 Å². The highest BCUT2D eigenvalue weighted by molar-refractivity contribution is 7.16. The molecular weight excluding hydrogens is 352 g/mol. The molecule has 1 N–H and O–H groups in total. The number of benzene rings is 1. The molecule has 0 saturated heterocycles. The molecule has 3 rings (SSSR count). The van der Waals surface area contributed by atoms with Gasteiger partial charge in [-0.05, 0) is 25.5 Å². The zero-order chi connectivity index (χ0) is 19.0. The zero-order valence-corrected chi connectivity index (χ0v) is 15.5. The number of hydrogen-bond donors (Lipinski definition) is 1. The van der Waals surface area contributed by atoms with Crippen molar-refractivity contribution in [2.24, 2.45) is 0 Å². The molecule has 0 radical (unpaired) electrons. The summed E-state index contributed by atoms with van der Waals surface area (Å²) in [5, 5.41) is 3.15. The second kappa shape index (κ2) is 6.76. The largest absolute Gasteiger partial charge is 0.465 e. The Kier molecular flexibility index (Phi) is 4.65. The third-order valence-electron chi connectivity index (χ3n) is 4.37. The number of aryl methyl sites for hydroxylation is 1. The first-order valence-electron chi connectivity index (χ1n) is 7.93. The van der Waals surface area contributed by atoms with Crippen molar-refractivity contribution in [2.75, 3.05) is 19.0 Å². The molecule has 0 aliphatic carbocycles. The van der Waals surface area contributed by atoms with Gasteiger partial charge in [0.1, 0.15) is 11.5 Å². The molecule has 7 heteroatoms. The van der Waals surface area contributed by atoms with Crippen molar-refractivity contribution in [3.05, 3.63) is 58.0 Å². The third kappa shape index (κ3) is 2.90. The number of amides is 2. The Morgan fingerprint density at radius 2 is 1.88 bits per heavy atom. The SMILES string of the molecule is C=C1c2ccccc2C(=O)N1CC(=O)Nc1sc(C)c(C)c1C(=O)OC. The molecule has 1 aromatic carbocycles. The standard InChI is InChI=1S/C19H18N2O4S/c1-10-12(3)26-17(16(10)19(24)25-4)20-15(22)9-21-11(2)13-7-5-6-8-14(13)18(21)23/h5-8H,2,9H2,1,3-4H3,(H,20,22). The van der Waals surface area contributed by atoms with Crippen molar-refractivity contribution in [1.29, 1.82) is 0 Å². The number of rotatable bonds is 4. The maximum atomic E-state index is 12.5. The first-order valence-corrected chi connectivity index (χ1v) is 8.75. The Hall–Kier alpha value is -2.93. The van der Waals surface area contributed by atoms with Gasteiger partial charge < -0.3 is 10.1 Å². The highest BCUT2D eigenvalue weighted by atomic mass is 32.1. The number of hydrogen-bond acceptors (Lipinski definition) is 5. The van der Waals surface area contributed by atoms with Crippen LogP contribution in [0.2, 0.25) is 0 Å². The monoisotopic (exact) mass is 370 g/mol. The Morgan fingerprint density at radius 1 is 1.23 bits per heavy atom. The summed E-state index contributed by atoms with van der Waals surface area (Å²) in [6, 6.07) is 7.10. The van der Waals surface area contributed by atoms with Crippen LogP contribution in [-0.2, 0) is 9.53 Å². The maximum absolute atomic E-state index is 12.5. The lowest BCUT2D eigenvalue weighted by Gasteiger charge is -2.16. The van der Waals surface area contributed by atoms with Crippen molar-refractivity contribution in [3.63, 3.8) is 0 Å². The first-order chi connectivity index (χ1) is 12.3. The Morgan fingerprint density at radius 3 is 2.50 bits per heavy atom. The van der Waals surface area contributed by atoms with Gasteiger partial charge in [0, 0.05) is 21.7 Å². The van der Waals surface area contributed by atoms with Crippen LogP contribution >= 0.6 is 11.3 Å². The van der Waals surface area contributed by atoms with Crippen LogP contribution in [0, 0.1) is 13.8 Å². The van der Waals surface area contributed by atoms with Crippen LogP contribution in [0.15, 0.2) is 30.8 Å². The van der Waals surface area contributed by atoms with E-state index in [2.05, 4.69) is 11.9 Å².